The Morgan fingerprint density at radius 1 is 1.14 bits per heavy atom. The summed E-state index contributed by atoms with van der Waals surface area (Å²) in [6, 6.07) is 13.0. The van der Waals surface area contributed by atoms with E-state index in [1.165, 1.54) is 23.8 Å². The summed E-state index contributed by atoms with van der Waals surface area (Å²) in [7, 11) is 1.71. The lowest BCUT2D eigenvalue weighted by atomic mass is 9.94. The second-order valence-electron chi connectivity index (χ2n) is 8.68. The molecule has 5 rings (SSSR count). The van der Waals surface area contributed by atoms with E-state index in [1.54, 1.807) is 24.1 Å². The number of halogens is 1. The Bertz CT molecular complexity index is 1520. The molecule has 0 unspecified atom stereocenters. The Balaban J connectivity index is 1.47. The average molecular weight is 580 g/mol. The Morgan fingerprint density at radius 3 is 2.57 bits per heavy atom. The largest absolute Gasteiger partial charge is 0.443 e. The van der Waals surface area contributed by atoms with Crippen LogP contribution in [-0.4, -0.2) is 43.0 Å². The van der Waals surface area contributed by atoms with Crippen LogP contribution in [0.15, 0.2) is 73.7 Å². The Labute approximate surface area is 224 Å². The summed E-state index contributed by atoms with van der Waals surface area (Å²) in [6.45, 7) is 2.17. The number of amides is 1. The molecule has 0 aliphatic heterocycles. The molecule has 10 nitrogen and oxygen atoms in total. The monoisotopic (exact) mass is 579 g/mol. The van der Waals surface area contributed by atoms with E-state index in [4.69, 9.17) is 14.6 Å². The zero-order valence-corrected chi connectivity index (χ0v) is 22.4. The van der Waals surface area contributed by atoms with E-state index in [0.29, 0.717) is 29.9 Å². The van der Waals surface area contributed by atoms with Gasteiger partial charge in [-0.1, -0.05) is 30.3 Å². The van der Waals surface area contributed by atoms with Gasteiger partial charge in [-0.3, -0.25) is 4.79 Å². The third-order valence-corrected chi connectivity index (χ3v) is 7.06. The number of pyridine rings is 1. The maximum atomic E-state index is 13.4. The summed E-state index contributed by atoms with van der Waals surface area (Å²) in [6.07, 6.45) is 3.44. The van der Waals surface area contributed by atoms with Crippen LogP contribution in [0.1, 0.15) is 33.7 Å². The average Bonchev–Trinajstić information content (AvgIpc) is 3.66. The second-order valence-corrected chi connectivity index (χ2v) is 10.4. The van der Waals surface area contributed by atoms with E-state index in [0.717, 1.165) is 15.2 Å². The number of carbonyl (C=O) groups is 1. The number of benzene rings is 1. The summed E-state index contributed by atoms with van der Waals surface area (Å²) in [5.41, 5.74) is 7.70. The minimum absolute atomic E-state index is 0.133. The number of hydrogen-bond donors (Lipinski definition) is 1. The third kappa shape index (κ3) is 5.66. The van der Waals surface area contributed by atoms with Crippen LogP contribution >= 0.6 is 27.3 Å². The van der Waals surface area contributed by atoms with Crippen molar-refractivity contribution in [2.75, 3.05) is 7.05 Å². The molecular formula is C25H22BrN7O3S. The van der Waals surface area contributed by atoms with Gasteiger partial charge in [0.2, 0.25) is 11.8 Å². The zero-order chi connectivity index (χ0) is 26.0. The number of oxazole rings is 1. The van der Waals surface area contributed by atoms with E-state index in [-0.39, 0.29) is 23.6 Å². The summed E-state index contributed by atoms with van der Waals surface area (Å²) in [5, 5.41) is 11.0. The van der Waals surface area contributed by atoms with Gasteiger partial charge in [0.05, 0.1) is 18.3 Å². The van der Waals surface area contributed by atoms with Crippen LogP contribution < -0.4 is 5.73 Å². The van der Waals surface area contributed by atoms with Crippen LogP contribution in [0.2, 0.25) is 0 Å². The SMILES string of the molecule is CN(Cc1nc(Br)cs1)C(=O)c1cc(-c2ncco2)nc(-c2nnc([C@](C)(N)Cc3ccccc3)o2)c1. The molecule has 5 aromatic rings. The molecule has 0 saturated carbocycles. The van der Waals surface area contributed by atoms with Gasteiger partial charge in [0.25, 0.3) is 11.8 Å². The normalized spacial score (nSPS) is 12.9. The highest BCUT2D eigenvalue weighted by Gasteiger charge is 2.29. The first-order valence-corrected chi connectivity index (χ1v) is 12.9. The molecule has 188 valence electrons. The highest BCUT2D eigenvalue weighted by atomic mass is 79.9. The molecule has 1 atom stereocenters. The molecule has 0 aliphatic carbocycles. The fraction of sp³-hybridized carbons (Fsp3) is 0.200. The van der Waals surface area contributed by atoms with Crippen LogP contribution in [0, 0.1) is 0 Å². The van der Waals surface area contributed by atoms with Crippen LogP contribution in [0.3, 0.4) is 0 Å². The first kappa shape index (κ1) is 24.9. The van der Waals surface area contributed by atoms with Gasteiger partial charge < -0.3 is 19.5 Å². The van der Waals surface area contributed by atoms with Crippen molar-refractivity contribution in [3.8, 4) is 23.2 Å². The van der Waals surface area contributed by atoms with E-state index >= 15 is 0 Å². The highest BCUT2D eigenvalue weighted by molar-refractivity contribution is 9.10. The predicted octanol–water partition coefficient (Wildman–Crippen LogP) is 4.69. The number of carbonyl (C=O) groups excluding carboxylic acids is 1. The van der Waals surface area contributed by atoms with Gasteiger partial charge in [0.15, 0.2) is 0 Å². The maximum Gasteiger partial charge on any atom is 0.266 e. The van der Waals surface area contributed by atoms with Crippen molar-refractivity contribution in [3.63, 3.8) is 0 Å². The van der Waals surface area contributed by atoms with Gasteiger partial charge in [-0.2, -0.15) is 0 Å². The van der Waals surface area contributed by atoms with Crippen LogP contribution in [0.4, 0.5) is 0 Å². The highest BCUT2D eigenvalue weighted by Crippen LogP contribution is 2.28. The molecule has 37 heavy (non-hydrogen) atoms. The molecule has 1 aromatic carbocycles. The number of thiazole rings is 1. The molecule has 0 spiro atoms. The first-order valence-electron chi connectivity index (χ1n) is 11.2. The molecule has 2 N–H and O–H groups in total. The van der Waals surface area contributed by atoms with Crippen molar-refractivity contribution in [2.45, 2.75) is 25.4 Å². The molecule has 0 fully saturated rings. The third-order valence-electron chi connectivity index (χ3n) is 5.51. The van der Waals surface area contributed by atoms with Crippen molar-refractivity contribution >= 4 is 33.2 Å². The van der Waals surface area contributed by atoms with Gasteiger partial charge >= 0.3 is 0 Å². The molecule has 0 saturated heterocycles. The topological polar surface area (TPSA) is 137 Å². The molecular weight excluding hydrogens is 558 g/mol. The van der Waals surface area contributed by atoms with Crippen molar-refractivity contribution in [2.24, 2.45) is 5.73 Å². The number of hydrogen-bond acceptors (Lipinski definition) is 10. The van der Waals surface area contributed by atoms with E-state index in [1.807, 2.05) is 42.6 Å². The van der Waals surface area contributed by atoms with Crippen LogP contribution in [-0.2, 0) is 18.5 Å². The van der Waals surface area contributed by atoms with E-state index in [2.05, 4.69) is 41.1 Å². The van der Waals surface area contributed by atoms with Crippen molar-refractivity contribution in [3.05, 3.63) is 86.9 Å². The van der Waals surface area contributed by atoms with Gasteiger partial charge in [-0.25, -0.2) is 15.0 Å². The zero-order valence-electron chi connectivity index (χ0n) is 20.0. The summed E-state index contributed by atoms with van der Waals surface area (Å²) in [4.78, 5) is 28.0. The van der Waals surface area contributed by atoms with Crippen molar-refractivity contribution in [1.29, 1.82) is 0 Å². The van der Waals surface area contributed by atoms with E-state index < -0.39 is 5.54 Å². The lowest BCUT2D eigenvalue weighted by Crippen LogP contribution is -2.35. The molecule has 1 amide bonds. The smallest absolute Gasteiger partial charge is 0.266 e. The fourth-order valence-electron chi connectivity index (χ4n) is 3.73. The van der Waals surface area contributed by atoms with Crippen molar-refractivity contribution in [1.82, 2.24) is 30.0 Å². The molecule has 0 aliphatic rings. The number of aromatic nitrogens is 5. The second kappa shape index (κ2) is 10.3. The number of rotatable bonds is 8. The van der Waals surface area contributed by atoms with Gasteiger partial charge in [-0.15, -0.1) is 21.5 Å². The lowest BCUT2D eigenvalue weighted by molar-refractivity contribution is 0.0785. The van der Waals surface area contributed by atoms with Gasteiger partial charge in [-0.05, 0) is 47.0 Å². The number of nitrogens with two attached hydrogens (primary N) is 1. The van der Waals surface area contributed by atoms with Crippen LogP contribution in [0.5, 0.6) is 0 Å². The summed E-state index contributed by atoms with van der Waals surface area (Å²) >= 11 is 4.81. The Kier molecular flexibility index (Phi) is 6.96. The van der Waals surface area contributed by atoms with Crippen LogP contribution in [0.25, 0.3) is 23.2 Å². The molecule has 0 radical (unpaired) electrons. The lowest BCUT2D eigenvalue weighted by Gasteiger charge is -2.20. The van der Waals surface area contributed by atoms with Gasteiger partial charge in [0, 0.05) is 18.0 Å². The number of nitrogens with zero attached hydrogens (tertiary/aromatic N) is 6. The summed E-state index contributed by atoms with van der Waals surface area (Å²) < 4.78 is 12.1. The van der Waals surface area contributed by atoms with E-state index in [9.17, 15) is 4.79 Å². The molecule has 0 bridgehead atoms. The standard InChI is InChI=1S/C25H22BrN7O3S/c1-25(27,12-15-6-4-3-5-7-15)24-32-31-22(36-24)18-11-16(10-17(29-18)21-28-8-9-35-21)23(34)33(2)13-20-30-19(26)14-37-20/h3-11,14H,12-13,27H2,1-2H3/t25-/m1/s1. The minimum Gasteiger partial charge on any atom is -0.443 e. The fourth-order valence-corrected chi connectivity index (χ4v) is 5.05. The molecule has 4 aromatic heterocycles. The minimum atomic E-state index is -0.909. The first-order chi connectivity index (χ1) is 17.8. The maximum absolute atomic E-state index is 13.4. The Hall–Kier alpha value is -3.74. The predicted molar refractivity (Wildman–Crippen MR) is 140 cm³/mol. The molecule has 12 heteroatoms. The molecule has 4 heterocycles. The Morgan fingerprint density at radius 2 is 1.89 bits per heavy atom. The quantitative estimate of drug-likeness (QED) is 0.277. The van der Waals surface area contributed by atoms with Gasteiger partial charge in [0.1, 0.15) is 27.3 Å². The van der Waals surface area contributed by atoms with Crippen molar-refractivity contribution < 1.29 is 13.6 Å². The summed E-state index contributed by atoms with van der Waals surface area (Å²) in [5.74, 6) is 0.410.